The van der Waals surface area contributed by atoms with E-state index in [-0.39, 0.29) is 19.0 Å². The van der Waals surface area contributed by atoms with Crippen LogP contribution in [0.4, 0.5) is 4.79 Å². The molecule has 1 aromatic heterocycles. The van der Waals surface area contributed by atoms with Crippen molar-refractivity contribution in [3.05, 3.63) is 16.6 Å². The zero-order valence-corrected chi connectivity index (χ0v) is 9.15. The van der Waals surface area contributed by atoms with E-state index < -0.39 is 17.5 Å². The Morgan fingerprint density at radius 2 is 2.27 bits per heavy atom. The van der Waals surface area contributed by atoms with E-state index in [0.717, 1.165) is 0 Å². The molecule has 1 aliphatic rings. The molecular formula is C7H9ClN4O2S. The second-order valence-corrected chi connectivity index (χ2v) is 3.61. The molecule has 3 amide bonds. The van der Waals surface area contributed by atoms with Crippen molar-refractivity contribution >= 4 is 35.7 Å². The van der Waals surface area contributed by atoms with Crippen molar-refractivity contribution in [1.29, 1.82) is 0 Å². The fraction of sp³-hybridized carbons (Fsp3) is 0.286. The number of imide groups is 1. The van der Waals surface area contributed by atoms with Gasteiger partial charge in [0.15, 0.2) is 5.54 Å². The van der Waals surface area contributed by atoms with Gasteiger partial charge in [0, 0.05) is 11.9 Å². The Bertz CT molecular complexity index is 382. The average Bonchev–Trinajstić information content (AvgIpc) is 2.73. The first kappa shape index (κ1) is 11.9. The summed E-state index contributed by atoms with van der Waals surface area (Å²) in [6.45, 7) is -0.00565. The summed E-state index contributed by atoms with van der Waals surface area (Å²) in [4.78, 5) is 26.5. The number of nitrogens with zero attached hydrogens (tertiary/aromatic N) is 1. The number of aromatic nitrogens is 1. The molecule has 0 radical (unpaired) electrons. The van der Waals surface area contributed by atoms with Crippen molar-refractivity contribution in [1.82, 2.24) is 15.6 Å². The van der Waals surface area contributed by atoms with Gasteiger partial charge in [0.25, 0.3) is 5.91 Å². The highest BCUT2D eigenvalue weighted by Gasteiger charge is 2.48. The third-order valence-electron chi connectivity index (χ3n) is 2.12. The van der Waals surface area contributed by atoms with Crippen molar-refractivity contribution < 1.29 is 9.59 Å². The molecule has 2 rings (SSSR count). The van der Waals surface area contributed by atoms with Crippen LogP contribution in [0.5, 0.6) is 0 Å². The van der Waals surface area contributed by atoms with Gasteiger partial charge < -0.3 is 11.1 Å². The highest BCUT2D eigenvalue weighted by molar-refractivity contribution is 7.07. The van der Waals surface area contributed by atoms with Crippen LogP contribution in [0.25, 0.3) is 0 Å². The van der Waals surface area contributed by atoms with E-state index in [0.29, 0.717) is 5.69 Å². The summed E-state index contributed by atoms with van der Waals surface area (Å²) in [5.74, 6) is -0.448. The Morgan fingerprint density at radius 1 is 1.53 bits per heavy atom. The van der Waals surface area contributed by atoms with E-state index in [9.17, 15) is 9.59 Å². The number of hydrogen-bond acceptors (Lipinski definition) is 5. The van der Waals surface area contributed by atoms with E-state index in [2.05, 4.69) is 15.6 Å². The average molecular weight is 249 g/mol. The van der Waals surface area contributed by atoms with Crippen LogP contribution in [0.15, 0.2) is 10.9 Å². The van der Waals surface area contributed by atoms with E-state index in [4.69, 9.17) is 5.73 Å². The minimum absolute atomic E-state index is 0. The minimum atomic E-state index is -1.18. The molecule has 8 heteroatoms. The van der Waals surface area contributed by atoms with Gasteiger partial charge in [0.05, 0.1) is 11.2 Å². The van der Waals surface area contributed by atoms with Crippen LogP contribution in [0.3, 0.4) is 0 Å². The molecule has 0 bridgehead atoms. The van der Waals surface area contributed by atoms with E-state index >= 15 is 0 Å². The molecule has 2 heterocycles. The van der Waals surface area contributed by atoms with Crippen LogP contribution in [0.2, 0.25) is 0 Å². The van der Waals surface area contributed by atoms with E-state index in [1.165, 1.54) is 11.3 Å². The van der Waals surface area contributed by atoms with Gasteiger partial charge in [-0.25, -0.2) is 9.78 Å². The quantitative estimate of drug-likeness (QED) is 0.618. The highest BCUT2D eigenvalue weighted by Crippen LogP contribution is 2.23. The lowest BCUT2D eigenvalue weighted by atomic mass is 9.97. The standard InChI is InChI=1S/C7H8N4O2S.ClH/c8-2-7(4-1-14-3-9-4)5(12)10-6(13)11-7;/h1,3H,2,8H2,(H2,10,11,12,13);1H/t7-;/m1./s1. The molecule has 0 aliphatic carbocycles. The maximum absolute atomic E-state index is 11.5. The zero-order valence-electron chi connectivity index (χ0n) is 7.52. The van der Waals surface area contributed by atoms with Gasteiger partial charge in [0.1, 0.15) is 0 Å². The van der Waals surface area contributed by atoms with Gasteiger partial charge >= 0.3 is 6.03 Å². The first-order valence-corrected chi connectivity index (χ1v) is 4.85. The summed E-state index contributed by atoms with van der Waals surface area (Å²) < 4.78 is 0. The Balaban J connectivity index is 0.00000112. The van der Waals surface area contributed by atoms with Gasteiger partial charge in [-0.3, -0.25) is 10.1 Å². The van der Waals surface area contributed by atoms with Crippen LogP contribution < -0.4 is 16.4 Å². The SMILES string of the molecule is Cl.NC[C@]1(c2cscn2)NC(=O)NC1=O. The Kier molecular flexibility index (Phi) is 3.28. The number of carbonyl (C=O) groups is 2. The molecule has 15 heavy (non-hydrogen) atoms. The fourth-order valence-corrected chi connectivity index (χ4v) is 1.97. The van der Waals surface area contributed by atoms with Gasteiger partial charge in [-0.2, -0.15) is 0 Å². The van der Waals surface area contributed by atoms with Crippen LogP contribution in [0, 0.1) is 0 Å². The van der Waals surface area contributed by atoms with Crippen molar-refractivity contribution in [2.75, 3.05) is 6.54 Å². The lowest BCUT2D eigenvalue weighted by Crippen LogP contribution is -2.50. The Labute approximate surface area is 95.7 Å². The molecule has 4 N–H and O–H groups in total. The maximum atomic E-state index is 11.5. The van der Waals surface area contributed by atoms with Gasteiger partial charge in [-0.1, -0.05) is 0 Å². The second kappa shape index (κ2) is 4.13. The van der Waals surface area contributed by atoms with Crippen molar-refractivity contribution in [3.63, 3.8) is 0 Å². The number of carbonyl (C=O) groups excluding carboxylic acids is 2. The molecule has 0 aromatic carbocycles. The third-order valence-corrected chi connectivity index (χ3v) is 2.70. The molecule has 1 aromatic rings. The molecule has 6 nitrogen and oxygen atoms in total. The summed E-state index contributed by atoms with van der Waals surface area (Å²) in [5.41, 5.74) is 6.39. The molecular weight excluding hydrogens is 240 g/mol. The smallest absolute Gasteiger partial charge is 0.322 e. The number of nitrogens with two attached hydrogens (primary N) is 1. The minimum Gasteiger partial charge on any atom is -0.327 e. The summed E-state index contributed by atoms with van der Waals surface area (Å²) in [7, 11) is 0. The second-order valence-electron chi connectivity index (χ2n) is 2.89. The number of urea groups is 1. The molecule has 1 atom stereocenters. The largest absolute Gasteiger partial charge is 0.327 e. The molecule has 1 aliphatic heterocycles. The summed E-state index contributed by atoms with van der Waals surface area (Å²) in [6, 6.07) is -0.534. The molecule has 0 spiro atoms. The predicted octanol–water partition coefficient (Wildman–Crippen LogP) is -0.442. The molecule has 1 saturated heterocycles. The molecule has 1 fully saturated rings. The normalized spacial score (nSPS) is 24.3. The van der Waals surface area contributed by atoms with Crippen LogP contribution >= 0.6 is 23.7 Å². The number of thiazole rings is 1. The van der Waals surface area contributed by atoms with E-state index in [1.54, 1.807) is 10.9 Å². The zero-order chi connectivity index (χ0) is 10.2. The lowest BCUT2D eigenvalue weighted by Gasteiger charge is -2.21. The Morgan fingerprint density at radius 3 is 2.67 bits per heavy atom. The van der Waals surface area contributed by atoms with Crippen molar-refractivity contribution in [2.45, 2.75) is 5.54 Å². The summed E-state index contributed by atoms with van der Waals surface area (Å²) in [5, 5.41) is 6.32. The maximum Gasteiger partial charge on any atom is 0.322 e. The van der Waals surface area contributed by atoms with Crippen molar-refractivity contribution in [3.8, 4) is 0 Å². The number of amides is 3. The monoisotopic (exact) mass is 248 g/mol. The predicted molar refractivity (Wildman–Crippen MR) is 56.8 cm³/mol. The summed E-state index contributed by atoms with van der Waals surface area (Å²) in [6.07, 6.45) is 0. The van der Waals surface area contributed by atoms with Gasteiger partial charge in [-0.05, 0) is 0 Å². The third kappa shape index (κ3) is 1.69. The Hall–Kier alpha value is -1.18. The number of nitrogens with one attached hydrogen (secondary N) is 2. The molecule has 0 saturated carbocycles. The van der Waals surface area contributed by atoms with Gasteiger partial charge in [0.2, 0.25) is 0 Å². The van der Waals surface area contributed by atoms with Crippen LogP contribution in [-0.2, 0) is 10.3 Å². The lowest BCUT2D eigenvalue weighted by molar-refractivity contribution is -0.124. The first-order valence-electron chi connectivity index (χ1n) is 3.91. The molecule has 0 unspecified atom stereocenters. The fourth-order valence-electron chi connectivity index (χ4n) is 1.34. The van der Waals surface area contributed by atoms with E-state index in [1.807, 2.05) is 0 Å². The van der Waals surface area contributed by atoms with Crippen LogP contribution in [-0.4, -0.2) is 23.5 Å². The number of rotatable bonds is 2. The topological polar surface area (TPSA) is 97.1 Å². The van der Waals surface area contributed by atoms with Crippen molar-refractivity contribution in [2.24, 2.45) is 5.73 Å². The molecule has 82 valence electrons. The van der Waals surface area contributed by atoms with Crippen LogP contribution in [0.1, 0.15) is 5.69 Å². The number of halogens is 1. The highest BCUT2D eigenvalue weighted by atomic mass is 35.5. The number of hydrogen-bond donors (Lipinski definition) is 3. The summed E-state index contributed by atoms with van der Waals surface area (Å²) >= 11 is 1.35. The van der Waals surface area contributed by atoms with Gasteiger partial charge in [-0.15, -0.1) is 23.7 Å². The first-order chi connectivity index (χ1) is 6.69.